The summed E-state index contributed by atoms with van der Waals surface area (Å²) >= 11 is 0. The highest BCUT2D eigenvalue weighted by molar-refractivity contribution is 5.97. The van der Waals surface area contributed by atoms with Gasteiger partial charge in [-0.2, -0.15) is 5.10 Å². The van der Waals surface area contributed by atoms with Crippen LogP contribution >= 0.6 is 0 Å². The molecular formula is C34H34FN7O. The molecule has 43 heavy (non-hydrogen) atoms. The van der Waals surface area contributed by atoms with Crippen LogP contribution in [-0.4, -0.2) is 68.0 Å². The van der Waals surface area contributed by atoms with Crippen LogP contribution in [0.3, 0.4) is 0 Å². The Morgan fingerprint density at radius 2 is 1.86 bits per heavy atom. The Morgan fingerprint density at radius 1 is 1.02 bits per heavy atom. The summed E-state index contributed by atoms with van der Waals surface area (Å²) in [6, 6.07) is 14.4. The van der Waals surface area contributed by atoms with Gasteiger partial charge >= 0.3 is 0 Å². The van der Waals surface area contributed by atoms with Crippen molar-refractivity contribution in [2.45, 2.75) is 19.9 Å². The van der Waals surface area contributed by atoms with E-state index in [4.69, 9.17) is 0 Å². The van der Waals surface area contributed by atoms with E-state index in [1.54, 1.807) is 17.1 Å². The number of hydrogen-bond acceptors (Lipinski definition) is 6. The van der Waals surface area contributed by atoms with Crippen molar-refractivity contribution in [3.63, 3.8) is 0 Å². The molecule has 0 amide bonds. The van der Waals surface area contributed by atoms with E-state index in [2.05, 4.69) is 63.1 Å². The van der Waals surface area contributed by atoms with Gasteiger partial charge in [-0.05, 0) is 66.9 Å². The number of aromatic nitrogens is 4. The summed E-state index contributed by atoms with van der Waals surface area (Å²) in [6.45, 7) is 7.31. The van der Waals surface area contributed by atoms with E-state index < -0.39 is 5.82 Å². The molecule has 0 bridgehead atoms. The minimum atomic E-state index is -0.471. The van der Waals surface area contributed by atoms with E-state index in [1.165, 1.54) is 29.3 Å². The van der Waals surface area contributed by atoms with Gasteiger partial charge in [0.25, 0.3) is 0 Å². The molecular weight excluding hydrogens is 541 g/mol. The van der Waals surface area contributed by atoms with Crippen molar-refractivity contribution in [1.29, 1.82) is 0 Å². The number of imidazole rings is 1. The number of ketones is 1. The number of halogens is 1. The van der Waals surface area contributed by atoms with Gasteiger partial charge in [0.15, 0.2) is 11.4 Å². The van der Waals surface area contributed by atoms with Gasteiger partial charge in [0.1, 0.15) is 11.5 Å². The highest BCUT2D eigenvalue weighted by Crippen LogP contribution is 2.22. The van der Waals surface area contributed by atoms with Gasteiger partial charge in [-0.25, -0.2) is 9.37 Å². The largest absolute Gasteiger partial charge is 0.350 e. The lowest BCUT2D eigenvalue weighted by atomic mass is 9.98. The molecule has 5 aromatic rings. The predicted octanol–water partition coefficient (Wildman–Crippen LogP) is 4.83. The predicted molar refractivity (Wildman–Crippen MR) is 166 cm³/mol. The van der Waals surface area contributed by atoms with Crippen LogP contribution in [0.15, 0.2) is 73.3 Å². The number of benzene rings is 2. The average Bonchev–Trinajstić information content (AvgIpc) is 3.61. The number of Topliss-reactive ketones (excluding diaryl/α,β-unsaturated/α-hetero) is 1. The molecule has 1 aliphatic rings. The number of anilines is 2. The number of likely N-dealkylation sites (N-methyl/N-ethyl adjacent to an activating group) is 1. The molecule has 6 rings (SSSR count). The number of aryl methyl sites for hydroxylation is 2. The van der Waals surface area contributed by atoms with Crippen LogP contribution in [0.25, 0.3) is 5.65 Å². The van der Waals surface area contributed by atoms with Crippen molar-refractivity contribution in [3.8, 4) is 11.8 Å². The quantitative estimate of drug-likeness (QED) is 0.222. The van der Waals surface area contributed by atoms with Crippen molar-refractivity contribution in [2.75, 3.05) is 38.5 Å². The zero-order valence-corrected chi connectivity index (χ0v) is 24.6. The van der Waals surface area contributed by atoms with Gasteiger partial charge in [0, 0.05) is 64.1 Å². The molecule has 4 heterocycles. The van der Waals surface area contributed by atoms with Crippen molar-refractivity contribution < 1.29 is 9.18 Å². The Bertz CT molecular complexity index is 1850. The van der Waals surface area contributed by atoms with Crippen LogP contribution in [0.2, 0.25) is 0 Å². The van der Waals surface area contributed by atoms with Crippen molar-refractivity contribution in [2.24, 2.45) is 7.05 Å². The Kier molecular flexibility index (Phi) is 8.05. The summed E-state index contributed by atoms with van der Waals surface area (Å²) in [7, 11) is 4.01. The molecule has 0 unspecified atom stereocenters. The minimum absolute atomic E-state index is 0.0739. The first kappa shape index (κ1) is 28.3. The maximum absolute atomic E-state index is 14.8. The average molecular weight is 576 g/mol. The number of carbonyl (C=O) groups is 1. The van der Waals surface area contributed by atoms with Gasteiger partial charge in [0.05, 0.1) is 29.3 Å². The molecule has 0 spiro atoms. The van der Waals surface area contributed by atoms with E-state index in [0.29, 0.717) is 16.9 Å². The van der Waals surface area contributed by atoms with Crippen LogP contribution in [0.5, 0.6) is 0 Å². The van der Waals surface area contributed by atoms with Gasteiger partial charge in [-0.3, -0.25) is 18.8 Å². The number of hydrogen-bond donors (Lipinski definition) is 1. The van der Waals surface area contributed by atoms with E-state index in [1.807, 2.05) is 42.0 Å². The third-order valence-electron chi connectivity index (χ3n) is 7.89. The summed E-state index contributed by atoms with van der Waals surface area (Å²) in [6.07, 6.45) is 7.36. The Hall–Kier alpha value is -4.78. The highest BCUT2D eigenvalue weighted by Gasteiger charge is 2.16. The number of fused-ring (bicyclic) bond motifs is 1. The molecule has 218 valence electrons. The molecule has 1 N–H and O–H groups in total. The fraction of sp³-hybridized carbons (Fsp3) is 0.265. The van der Waals surface area contributed by atoms with Gasteiger partial charge < -0.3 is 10.2 Å². The first-order chi connectivity index (χ1) is 20.8. The SMILES string of the molecule is Cc1cc(CC(=O)c2ccc(F)c(C#Cc3cnc4c(Nc5cnn(C)c5)cccn34)c2)ccc1CN1CCN(C)CC1. The summed E-state index contributed by atoms with van der Waals surface area (Å²) in [4.78, 5) is 22.5. The summed E-state index contributed by atoms with van der Waals surface area (Å²) in [5.41, 5.74) is 6.95. The van der Waals surface area contributed by atoms with E-state index in [9.17, 15) is 9.18 Å². The number of nitrogens with zero attached hydrogens (tertiary/aromatic N) is 6. The van der Waals surface area contributed by atoms with E-state index in [-0.39, 0.29) is 17.8 Å². The third-order valence-corrected chi connectivity index (χ3v) is 7.89. The number of pyridine rings is 1. The molecule has 3 aromatic heterocycles. The first-order valence-corrected chi connectivity index (χ1v) is 14.4. The second-order valence-electron chi connectivity index (χ2n) is 11.2. The molecule has 0 atom stereocenters. The lowest BCUT2D eigenvalue weighted by Gasteiger charge is -2.32. The van der Waals surface area contributed by atoms with E-state index in [0.717, 1.165) is 49.7 Å². The van der Waals surface area contributed by atoms with Crippen molar-refractivity contribution >= 4 is 22.8 Å². The summed E-state index contributed by atoms with van der Waals surface area (Å²) in [5.74, 6) is 5.41. The smallest absolute Gasteiger partial charge is 0.167 e. The third kappa shape index (κ3) is 6.51. The Labute approximate surface area is 250 Å². The number of carbonyl (C=O) groups excluding carboxylic acids is 1. The van der Waals surface area contributed by atoms with Crippen LogP contribution in [0, 0.1) is 24.6 Å². The molecule has 1 saturated heterocycles. The van der Waals surface area contributed by atoms with Crippen molar-refractivity contribution in [3.05, 3.63) is 113 Å². The monoisotopic (exact) mass is 575 g/mol. The fourth-order valence-electron chi connectivity index (χ4n) is 5.35. The molecule has 0 saturated carbocycles. The van der Waals surface area contributed by atoms with Crippen LogP contribution < -0.4 is 5.32 Å². The second-order valence-corrected chi connectivity index (χ2v) is 11.2. The minimum Gasteiger partial charge on any atom is -0.350 e. The maximum atomic E-state index is 14.8. The molecule has 2 aromatic carbocycles. The molecule has 0 aliphatic carbocycles. The molecule has 1 aliphatic heterocycles. The molecule has 8 nitrogen and oxygen atoms in total. The Morgan fingerprint density at radius 3 is 2.63 bits per heavy atom. The second kappa shape index (κ2) is 12.2. The summed E-state index contributed by atoms with van der Waals surface area (Å²) in [5, 5.41) is 7.50. The first-order valence-electron chi connectivity index (χ1n) is 14.4. The normalized spacial score (nSPS) is 14.0. The molecule has 1 fully saturated rings. The topological polar surface area (TPSA) is 70.7 Å². The molecule has 9 heteroatoms. The zero-order chi connectivity index (χ0) is 29.9. The highest BCUT2D eigenvalue weighted by atomic mass is 19.1. The lowest BCUT2D eigenvalue weighted by molar-refractivity contribution is 0.0993. The number of nitrogens with one attached hydrogen (secondary N) is 1. The van der Waals surface area contributed by atoms with Gasteiger partial charge in [-0.15, -0.1) is 0 Å². The van der Waals surface area contributed by atoms with Crippen molar-refractivity contribution in [1.82, 2.24) is 29.0 Å². The number of piperazine rings is 1. The van der Waals surface area contributed by atoms with Crippen LogP contribution in [-0.2, 0) is 20.0 Å². The number of rotatable bonds is 7. The Balaban J connectivity index is 1.16. The standard InChI is InChI=1S/C34H34FN7O/c1-24-17-25(6-7-28(24)22-41-15-13-39(2)14-16-41)18-33(43)27-9-11-31(35)26(19-27)8-10-30-21-36-34-32(5-4-12-42(30)34)38-29-20-37-40(3)23-29/h4-7,9,11-12,17,19-21,23,38H,13-16,18,22H2,1-3H3. The summed E-state index contributed by atoms with van der Waals surface area (Å²) < 4.78 is 18.3. The van der Waals surface area contributed by atoms with Gasteiger partial charge in [-0.1, -0.05) is 24.1 Å². The molecule has 0 radical (unpaired) electrons. The zero-order valence-electron chi connectivity index (χ0n) is 24.6. The van der Waals surface area contributed by atoms with Crippen LogP contribution in [0.1, 0.15) is 38.3 Å². The lowest BCUT2D eigenvalue weighted by Crippen LogP contribution is -2.43. The van der Waals surface area contributed by atoms with Gasteiger partial charge in [0.2, 0.25) is 0 Å². The van der Waals surface area contributed by atoms with Crippen LogP contribution in [0.4, 0.5) is 15.8 Å². The fourth-order valence-corrected chi connectivity index (χ4v) is 5.35. The van der Waals surface area contributed by atoms with E-state index >= 15 is 0 Å². The maximum Gasteiger partial charge on any atom is 0.167 e.